The summed E-state index contributed by atoms with van der Waals surface area (Å²) in [5.74, 6) is -1.25. The highest BCUT2D eigenvalue weighted by molar-refractivity contribution is 5.36. The van der Waals surface area contributed by atoms with Crippen LogP contribution in [0.2, 0.25) is 0 Å². The molecule has 3 atom stereocenters. The highest BCUT2D eigenvalue weighted by atomic mass is 19.4. The fourth-order valence-electron chi connectivity index (χ4n) is 4.32. The number of benzene rings is 1. The summed E-state index contributed by atoms with van der Waals surface area (Å²) in [7, 11) is 0. The van der Waals surface area contributed by atoms with Crippen molar-refractivity contribution in [2.45, 2.75) is 45.1 Å². The molecule has 1 aromatic carbocycles. The molecule has 1 unspecified atom stereocenters. The number of nitriles is 1. The van der Waals surface area contributed by atoms with Crippen molar-refractivity contribution in [3.8, 4) is 23.7 Å². The molecule has 1 N–H and O–H groups in total. The zero-order valence-electron chi connectivity index (χ0n) is 17.4. The Labute approximate surface area is 181 Å². The number of nitrogens with zero attached hydrogens (tertiary/aromatic N) is 5. The second-order valence-electron chi connectivity index (χ2n) is 8.27. The first-order valence-corrected chi connectivity index (χ1v) is 10.2. The van der Waals surface area contributed by atoms with E-state index in [0.717, 1.165) is 31.0 Å². The summed E-state index contributed by atoms with van der Waals surface area (Å²) in [6, 6.07) is 2.87. The molecule has 1 aliphatic carbocycles. The Hall–Kier alpha value is -3.23. The summed E-state index contributed by atoms with van der Waals surface area (Å²) in [6.45, 7) is 5.09. The Bertz CT molecular complexity index is 1000. The van der Waals surface area contributed by atoms with Gasteiger partial charge < -0.3 is 19.7 Å². The number of hydrogen-bond acceptors (Lipinski definition) is 7. The molecule has 2 fully saturated rings. The molecule has 2 aromatic rings. The lowest BCUT2D eigenvalue weighted by Gasteiger charge is -2.35. The number of likely N-dealkylation sites (tertiary alicyclic amines) is 1. The molecule has 0 amide bonds. The van der Waals surface area contributed by atoms with Crippen molar-refractivity contribution in [1.29, 1.82) is 5.26 Å². The topological polar surface area (TPSA) is 88.2 Å². The third-order valence-electron chi connectivity index (χ3n) is 5.70. The van der Waals surface area contributed by atoms with Crippen LogP contribution in [0.1, 0.15) is 32.7 Å². The molecule has 4 rings (SSSR count). The highest BCUT2D eigenvalue weighted by Crippen LogP contribution is 2.38. The quantitative estimate of drug-likeness (QED) is 0.515. The van der Waals surface area contributed by atoms with E-state index in [1.165, 1.54) is 4.68 Å². The Morgan fingerprint density at radius 2 is 1.91 bits per heavy atom. The molecular formula is C20H22F4N6O2. The van der Waals surface area contributed by atoms with Crippen molar-refractivity contribution in [2.75, 3.05) is 18.4 Å². The number of aromatic nitrogens is 3. The van der Waals surface area contributed by atoms with Gasteiger partial charge in [0.2, 0.25) is 5.95 Å². The first-order chi connectivity index (χ1) is 15.1. The average molecular weight is 454 g/mol. The maximum Gasteiger partial charge on any atom is 0.573 e. The molecule has 8 nitrogen and oxygen atoms in total. The molecule has 1 aliphatic heterocycles. The Balaban J connectivity index is 1.51. The standard InChI is InChI=1S/C20H22F4N6O2/c1-11(2)30-19(31-14-5-6-16(15(21)7-14)32-20(22,23)24)27-18(28-30)26-17-12-3-4-13(17)9-29(8-12)10-25/h5-7,11-13,17H,3-4,8-9H2,1-2H3,(H,26,28)/t12-,13+,17?. The monoisotopic (exact) mass is 454 g/mol. The van der Waals surface area contributed by atoms with E-state index in [1.807, 2.05) is 13.8 Å². The lowest BCUT2D eigenvalue weighted by atomic mass is 9.92. The van der Waals surface area contributed by atoms with Crippen molar-refractivity contribution >= 4 is 5.95 Å². The van der Waals surface area contributed by atoms with Gasteiger partial charge in [0, 0.05) is 25.2 Å². The third-order valence-corrected chi connectivity index (χ3v) is 5.70. The molecule has 2 aliphatic rings. The van der Waals surface area contributed by atoms with E-state index >= 15 is 0 Å². The van der Waals surface area contributed by atoms with Crippen LogP contribution < -0.4 is 14.8 Å². The Kier molecular flexibility index (Phi) is 5.75. The maximum absolute atomic E-state index is 14.0. The third kappa shape index (κ3) is 4.66. The summed E-state index contributed by atoms with van der Waals surface area (Å²) in [5, 5.41) is 17.0. The average Bonchev–Trinajstić information content (AvgIpc) is 3.19. The van der Waals surface area contributed by atoms with E-state index in [1.54, 1.807) is 4.90 Å². The van der Waals surface area contributed by atoms with E-state index in [2.05, 4.69) is 26.3 Å². The van der Waals surface area contributed by atoms with Crippen LogP contribution in [0.15, 0.2) is 18.2 Å². The summed E-state index contributed by atoms with van der Waals surface area (Å²) in [5.41, 5.74) is 0. The van der Waals surface area contributed by atoms with Crippen LogP contribution in [0.5, 0.6) is 17.5 Å². The van der Waals surface area contributed by atoms with Gasteiger partial charge in [-0.15, -0.1) is 18.3 Å². The zero-order valence-corrected chi connectivity index (χ0v) is 17.4. The van der Waals surface area contributed by atoms with E-state index in [0.29, 0.717) is 30.9 Å². The van der Waals surface area contributed by atoms with E-state index < -0.39 is 17.9 Å². The number of fused-ring (bicyclic) bond motifs is 2. The van der Waals surface area contributed by atoms with Crippen LogP contribution in [0.4, 0.5) is 23.5 Å². The van der Waals surface area contributed by atoms with Crippen molar-refractivity contribution in [3.63, 3.8) is 0 Å². The lowest BCUT2D eigenvalue weighted by Crippen LogP contribution is -2.46. The van der Waals surface area contributed by atoms with Gasteiger partial charge in [0.05, 0.1) is 6.04 Å². The molecular weight excluding hydrogens is 432 g/mol. The van der Waals surface area contributed by atoms with Gasteiger partial charge >= 0.3 is 12.4 Å². The minimum absolute atomic E-state index is 0.0414. The molecule has 0 spiro atoms. The van der Waals surface area contributed by atoms with Crippen molar-refractivity contribution in [3.05, 3.63) is 24.0 Å². The number of rotatable bonds is 6. The van der Waals surface area contributed by atoms with Crippen molar-refractivity contribution in [1.82, 2.24) is 19.7 Å². The molecule has 0 radical (unpaired) electrons. The Morgan fingerprint density at radius 1 is 1.22 bits per heavy atom. The molecule has 1 saturated carbocycles. The normalized spacial score (nSPS) is 22.7. The summed E-state index contributed by atoms with van der Waals surface area (Å²) in [6.07, 6.45) is -0.753. The van der Waals surface area contributed by atoms with Crippen LogP contribution in [0, 0.1) is 29.1 Å². The van der Waals surface area contributed by atoms with Gasteiger partial charge in [-0.3, -0.25) is 0 Å². The number of piperidine rings is 1. The van der Waals surface area contributed by atoms with Gasteiger partial charge in [0.25, 0.3) is 0 Å². The van der Waals surface area contributed by atoms with Gasteiger partial charge in [-0.2, -0.15) is 10.2 Å². The Morgan fingerprint density at radius 3 is 2.47 bits per heavy atom. The van der Waals surface area contributed by atoms with Crippen LogP contribution >= 0.6 is 0 Å². The lowest BCUT2D eigenvalue weighted by molar-refractivity contribution is -0.275. The van der Waals surface area contributed by atoms with Crippen molar-refractivity contribution in [2.24, 2.45) is 11.8 Å². The number of alkyl halides is 3. The fourth-order valence-corrected chi connectivity index (χ4v) is 4.32. The molecule has 32 heavy (non-hydrogen) atoms. The number of ether oxygens (including phenoxy) is 2. The number of nitrogens with one attached hydrogen (secondary N) is 1. The molecule has 172 valence electrons. The van der Waals surface area contributed by atoms with Gasteiger partial charge in [-0.1, -0.05) is 0 Å². The van der Waals surface area contributed by atoms with E-state index in [4.69, 9.17) is 4.74 Å². The molecule has 1 aromatic heterocycles. The summed E-state index contributed by atoms with van der Waals surface area (Å²) >= 11 is 0. The summed E-state index contributed by atoms with van der Waals surface area (Å²) in [4.78, 5) is 6.15. The van der Waals surface area contributed by atoms with Crippen LogP contribution in [0.25, 0.3) is 0 Å². The zero-order chi connectivity index (χ0) is 23.0. The van der Waals surface area contributed by atoms with Crippen LogP contribution in [0.3, 0.4) is 0 Å². The first kappa shape index (κ1) is 22.0. The minimum Gasteiger partial charge on any atom is -0.424 e. The van der Waals surface area contributed by atoms with E-state index in [-0.39, 0.29) is 23.8 Å². The molecule has 2 heterocycles. The van der Waals surface area contributed by atoms with Crippen LogP contribution in [-0.2, 0) is 0 Å². The molecule has 12 heteroatoms. The summed E-state index contributed by atoms with van der Waals surface area (Å²) < 4.78 is 61.8. The van der Waals surface area contributed by atoms with Gasteiger partial charge in [-0.25, -0.2) is 9.07 Å². The second-order valence-corrected chi connectivity index (χ2v) is 8.27. The number of hydrogen-bond donors (Lipinski definition) is 1. The van der Waals surface area contributed by atoms with Gasteiger partial charge in [-0.05, 0) is 50.7 Å². The molecule has 2 bridgehead atoms. The first-order valence-electron chi connectivity index (χ1n) is 10.2. The second kappa shape index (κ2) is 8.37. The van der Waals surface area contributed by atoms with Gasteiger partial charge in [0.15, 0.2) is 17.8 Å². The number of halogens is 4. The number of anilines is 1. The molecule has 1 saturated heterocycles. The largest absolute Gasteiger partial charge is 0.573 e. The van der Waals surface area contributed by atoms with E-state index in [9.17, 15) is 22.8 Å². The van der Waals surface area contributed by atoms with Gasteiger partial charge in [0.1, 0.15) is 5.75 Å². The smallest absolute Gasteiger partial charge is 0.424 e. The predicted molar refractivity (Wildman–Crippen MR) is 104 cm³/mol. The predicted octanol–water partition coefficient (Wildman–Crippen LogP) is 4.29. The fraction of sp³-hybridized carbons (Fsp3) is 0.550. The van der Waals surface area contributed by atoms with Crippen LogP contribution in [-0.4, -0.2) is 45.2 Å². The maximum atomic E-state index is 14.0. The minimum atomic E-state index is -5.00. The highest BCUT2D eigenvalue weighted by Gasteiger charge is 2.42. The SMILES string of the molecule is CC(C)n1nc(NC2[C@@H]3CC[C@H]2CN(C#N)C3)nc1Oc1ccc(OC(F)(F)F)c(F)c1. The van der Waals surface area contributed by atoms with Crippen molar-refractivity contribution < 1.29 is 27.0 Å².